The summed E-state index contributed by atoms with van der Waals surface area (Å²) >= 11 is 0. The molecule has 2 rings (SSSR count). The van der Waals surface area contributed by atoms with Crippen molar-refractivity contribution in [1.82, 2.24) is 0 Å². The van der Waals surface area contributed by atoms with Crippen LogP contribution in [0.5, 0.6) is 0 Å². The largest absolute Gasteiger partial charge is 0.396 e. The van der Waals surface area contributed by atoms with Crippen LogP contribution >= 0.6 is 0 Å². The van der Waals surface area contributed by atoms with E-state index in [1.807, 2.05) is 0 Å². The lowest BCUT2D eigenvalue weighted by atomic mass is 9.70. The Morgan fingerprint density at radius 3 is 2.35 bits per heavy atom. The zero-order chi connectivity index (χ0) is 12.3. The van der Waals surface area contributed by atoms with E-state index in [0.29, 0.717) is 0 Å². The van der Waals surface area contributed by atoms with Crippen LogP contribution in [0.2, 0.25) is 0 Å². The zero-order valence-electron chi connectivity index (χ0n) is 9.85. The SMILES string of the molecule is OCC1[C@@H](CO)CCC[C@H]1c1ccc(F)cc1. The van der Waals surface area contributed by atoms with E-state index in [2.05, 4.69) is 0 Å². The summed E-state index contributed by atoms with van der Waals surface area (Å²) in [7, 11) is 0. The third-order valence-corrected chi connectivity index (χ3v) is 3.96. The molecule has 0 radical (unpaired) electrons. The standard InChI is InChI=1S/C14H19FO2/c15-12-6-4-10(5-7-12)13-3-1-2-11(8-16)14(13)9-17/h4-7,11,13-14,16-17H,1-3,8-9H2/t11-,13+,14?/m1/s1. The number of benzene rings is 1. The lowest BCUT2D eigenvalue weighted by Crippen LogP contribution is -2.31. The van der Waals surface area contributed by atoms with Gasteiger partial charge >= 0.3 is 0 Å². The van der Waals surface area contributed by atoms with Crippen molar-refractivity contribution in [2.24, 2.45) is 11.8 Å². The summed E-state index contributed by atoms with van der Waals surface area (Å²) in [6.07, 6.45) is 3.04. The van der Waals surface area contributed by atoms with Crippen LogP contribution in [0.15, 0.2) is 24.3 Å². The molecule has 2 N–H and O–H groups in total. The summed E-state index contributed by atoms with van der Waals surface area (Å²) in [5.41, 5.74) is 1.07. The van der Waals surface area contributed by atoms with Crippen LogP contribution in [-0.2, 0) is 0 Å². The molecule has 0 spiro atoms. The zero-order valence-corrected chi connectivity index (χ0v) is 9.85. The van der Waals surface area contributed by atoms with Crippen molar-refractivity contribution in [2.45, 2.75) is 25.2 Å². The van der Waals surface area contributed by atoms with Gasteiger partial charge in [0.25, 0.3) is 0 Å². The van der Waals surface area contributed by atoms with Crippen molar-refractivity contribution in [3.63, 3.8) is 0 Å². The van der Waals surface area contributed by atoms with Gasteiger partial charge in [0.2, 0.25) is 0 Å². The minimum atomic E-state index is -0.233. The topological polar surface area (TPSA) is 40.5 Å². The Kier molecular flexibility index (Phi) is 4.13. The molecule has 1 aliphatic carbocycles. The molecule has 1 fully saturated rings. The Morgan fingerprint density at radius 1 is 1.06 bits per heavy atom. The van der Waals surface area contributed by atoms with Gasteiger partial charge in [-0.25, -0.2) is 4.39 Å². The first-order chi connectivity index (χ1) is 8.26. The van der Waals surface area contributed by atoms with Gasteiger partial charge in [0, 0.05) is 13.2 Å². The van der Waals surface area contributed by atoms with Crippen LogP contribution in [0.1, 0.15) is 30.7 Å². The van der Waals surface area contributed by atoms with Gasteiger partial charge in [-0.15, -0.1) is 0 Å². The molecule has 3 heteroatoms. The smallest absolute Gasteiger partial charge is 0.123 e. The van der Waals surface area contributed by atoms with Crippen LogP contribution in [0.3, 0.4) is 0 Å². The molecule has 1 aromatic carbocycles. The van der Waals surface area contributed by atoms with Gasteiger partial charge in [-0.1, -0.05) is 18.6 Å². The van der Waals surface area contributed by atoms with Gasteiger partial charge in [-0.3, -0.25) is 0 Å². The number of rotatable bonds is 3. The Labute approximate surface area is 101 Å². The maximum atomic E-state index is 12.9. The molecule has 94 valence electrons. The Morgan fingerprint density at radius 2 is 1.76 bits per heavy atom. The van der Waals surface area contributed by atoms with Gasteiger partial charge < -0.3 is 10.2 Å². The first kappa shape index (κ1) is 12.5. The predicted octanol–water partition coefficient (Wildman–Crippen LogP) is 2.31. The third kappa shape index (κ3) is 2.67. The van der Waals surface area contributed by atoms with E-state index in [9.17, 15) is 14.6 Å². The van der Waals surface area contributed by atoms with Gasteiger partial charge in [-0.05, 0) is 48.3 Å². The first-order valence-corrected chi connectivity index (χ1v) is 6.23. The van der Waals surface area contributed by atoms with Crippen molar-refractivity contribution in [3.05, 3.63) is 35.6 Å². The van der Waals surface area contributed by atoms with E-state index in [1.54, 1.807) is 12.1 Å². The van der Waals surface area contributed by atoms with E-state index in [0.717, 1.165) is 24.8 Å². The highest BCUT2D eigenvalue weighted by molar-refractivity contribution is 5.22. The van der Waals surface area contributed by atoms with Crippen LogP contribution in [0.25, 0.3) is 0 Å². The summed E-state index contributed by atoms with van der Waals surface area (Å²) in [6.45, 7) is 0.218. The molecule has 1 aromatic rings. The minimum Gasteiger partial charge on any atom is -0.396 e. The number of aliphatic hydroxyl groups excluding tert-OH is 2. The average Bonchev–Trinajstić information content (AvgIpc) is 2.38. The molecule has 1 saturated carbocycles. The van der Waals surface area contributed by atoms with Gasteiger partial charge in [0.15, 0.2) is 0 Å². The molecular formula is C14H19FO2. The Bertz CT molecular complexity index is 350. The molecule has 3 atom stereocenters. The lowest BCUT2D eigenvalue weighted by molar-refractivity contribution is 0.0710. The van der Waals surface area contributed by atoms with Crippen molar-refractivity contribution in [3.8, 4) is 0 Å². The van der Waals surface area contributed by atoms with E-state index < -0.39 is 0 Å². The van der Waals surface area contributed by atoms with Crippen molar-refractivity contribution in [1.29, 1.82) is 0 Å². The third-order valence-electron chi connectivity index (χ3n) is 3.96. The van der Waals surface area contributed by atoms with Crippen LogP contribution in [-0.4, -0.2) is 23.4 Å². The number of aliphatic hydroxyl groups is 2. The fourth-order valence-corrected chi connectivity index (χ4v) is 2.98. The molecule has 0 bridgehead atoms. The quantitative estimate of drug-likeness (QED) is 0.848. The maximum Gasteiger partial charge on any atom is 0.123 e. The van der Waals surface area contributed by atoms with Crippen molar-refractivity contribution in [2.75, 3.05) is 13.2 Å². The second-order valence-electron chi connectivity index (χ2n) is 4.88. The highest BCUT2D eigenvalue weighted by Crippen LogP contribution is 2.40. The second kappa shape index (κ2) is 5.61. The minimum absolute atomic E-state index is 0.0905. The van der Waals surface area contributed by atoms with Crippen LogP contribution in [0, 0.1) is 17.7 Å². The van der Waals surface area contributed by atoms with Crippen molar-refractivity contribution >= 4 is 0 Å². The van der Waals surface area contributed by atoms with Crippen LogP contribution < -0.4 is 0 Å². The molecule has 0 heterocycles. The van der Waals surface area contributed by atoms with Gasteiger partial charge in [0.1, 0.15) is 5.82 Å². The van der Waals surface area contributed by atoms with E-state index in [4.69, 9.17) is 0 Å². The number of halogens is 1. The second-order valence-corrected chi connectivity index (χ2v) is 4.88. The molecule has 17 heavy (non-hydrogen) atoms. The predicted molar refractivity (Wildman–Crippen MR) is 64.1 cm³/mol. The Balaban J connectivity index is 2.20. The summed E-state index contributed by atoms with van der Waals surface area (Å²) in [4.78, 5) is 0. The number of hydrogen-bond acceptors (Lipinski definition) is 2. The summed E-state index contributed by atoms with van der Waals surface area (Å²) in [5.74, 6) is 0.276. The monoisotopic (exact) mass is 238 g/mol. The summed E-state index contributed by atoms with van der Waals surface area (Å²) < 4.78 is 12.9. The van der Waals surface area contributed by atoms with E-state index >= 15 is 0 Å². The van der Waals surface area contributed by atoms with E-state index in [-0.39, 0.29) is 36.8 Å². The van der Waals surface area contributed by atoms with Gasteiger partial charge in [0.05, 0.1) is 0 Å². The van der Waals surface area contributed by atoms with Crippen LogP contribution in [0.4, 0.5) is 4.39 Å². The molecule has 0 saturated heterocycles. The van der Waals surface area contributed by atoms with Gasteiger partial charge in [-0.2, -0.15) is 0 Å². The highest BCUT2D eigenvalue weighted by atomic mass is 19.1. The highest BCUT2D eigenvalue weighted by Gasteiger charge is 2.33. The summed E-state index contributed by atoms with van der Waals surface area (Å²) in [6, 6.07) is 6.52. The maximum absolute atomic E-state index is 12.9. The molecule has 0 aliphatic heterocycles. The fourth-order valence-electron chi connectivity index (χ4n) is 2.98. The van der Waals surface area contributed by atoms with Crippen molar-refractivity contribution < 1.29 is 14.6 Å². The molecule has 1 unspecified atom stereocenters. The summed E-state index contributed by atoms with van der Waals surface area (Å²) in [5, 5.41) is 18.8. The molecule has 0 amide bonds. The Hall–Kier alpha value is -0.930. The molecule has 2 nitrogen and oxygen atoms in total. The number of hydrogen-bond donors (Lipinski definition) is 2. The molecular weight excluding hydrogens is 219 g/mol. The average molecular weight is 238 g/mol. The molecule has 0 aromatic heterocycles. The fraction of sp³-hybridized carbons (Fsp3) is 0.571. The normalized spacial score (nSPS) is 29.2. The lowest BCUT2D eigenvalue weighted by Gasteiger charge is -2.36. The van der Waals surface area contributed by atoms with E-state index in [1.165, 1.54) is 12.1 Å². The first-order valence-electron chi connectivity index (χ1n) is 6.23. The molecule has 1 aliphatic rings.